The van der Waals surface area contributed by atoms with Crippen LogP contribution in [0.1, 0.15) is 18.6 Å². The summed E-state index contributed by atoms with van der Waals surface area (Å²) in [5.74, 6) is -0.289. The predicted octanol–water partition coefficient (Wildman–Crippen LogP) is 3.78. The molecule has 0 radical (unpaired) electrons. The van der Waals surface area contributed by atoms with Crippen LogP contribution in [0.5, 0.6) is 0 Å². The summed E-state index contributed by atoms with van der Waals surface area (Å²) < 4.78 is 5.39. The zero-order valence-electron chi connectivity index (χ0n) is 10.7. The highest BCUT2D eigenvalue weighted by Gasteiger charge is 2.35. The third kappa shape index (κ3) is 4.17. The summed E-state index contributed by atoms with van der Waals surface area (Å²) in [5.41, 5.74) is 0.963. The van der Waals surface area contributed by atoms with Crippen molar-refractivity contribution in [2.45, 2.75) is 37.7 Å². The zero-order valence-corrected chi connectivity index (χ0v) is 12.5. The molecule has 0 N–H and O–H groups in total. The van der Waals surface area contributed by atoms with Gasteiger partial charge in [0.1, 0.15) is 6.10 Å². The molecule has 2 unspecified atom stereocenters. The summed E-state index contributed by atoms with van der Waals surface area (Å²) >= 11 is 6.49. The summed E-state index contributed by atoms with van der Waals surface area (Å²) in [4.78, 5) is 11.2. The lowest BCUT2D eigenvalue weighted by molar-refractivity contribution is -0.146. The van der Waals surface area contributed by atoms with Gasteiger partial charge in [-0.05, 0) is 5.56 Å². The van der Waals surface area contributed by atoms with Gasteiger partial charge in [0.05, 0.1) is 13.1 Å². The maximum Gasteiger partial charge on any atom is 0.303 e. The molecule has 17 heavy (non-hydrogen) atoms. The van der Waals surface area contributed by atoms with Gasteiger partial charge in [-0.25, -0.2) is 0 Å². The number of ether oxygens (including phenoxy) is 1. The first kappa shape index (κ1) is 14.3. The Morgan fingerprint density at radius 3 is 2.18 bits per heavy atom. The molecule has 0 aliphatic rings. The van der Waals surface area contributed by atoms with Crippen molar-refractivity contribution in [3.8, 4) is 0 Å². The van der Waals surface area contributed by atoms with Gasteiger partial charge in [-0.3, -0.25) is 4.79 Å². The van der Waals surface area contributed by atoms with Crippen molar-refractivity contribution in [3.05, 3.63) is 35.9 Å². The molecule has 94 valence electrons. The molecule has 0 saturated carbocycles. The van der Waals surface area contributed by atoms with Crippen LogP contribution in [0.15, 0.2) is 30.3 Å². The first-order valence-corrected chi connectivity index (χ1v) is 9.70. The van der Waals surface area contributed by atoms with E-state index in [0.717, 1.165) is 5.56 Å². The van der Waals surface area contributed by atoms with Crippen molar-refractivity contribution in [2.24, 2.45) is 0 Å². The highest BCUT2D eigenvalue weighted by Crippen LogP contribution is 2.31. The molecule has 0 aliphatic carbocycles. The van der Waals surface area contributed by atoms with Gasteiger partial charge >= 0.3 is 5.97 Å². The van der Waals surface area contributed by atoms with Crippen molar-refractivity contribution in [1.29, 1.82) is 0 Å². The number of esters is 1. The molecule has 0 aromatic heterocycles. The highest BCUT2D eigenvalue weighted by molar-refractivity contribution is 6.84. The molecule has 4 heteroatoms. The smallest absolute Gasteiger partial charge is 0.303 e. The average Bonchev–Trinajstić information content (AvgIpc) is 2.24. The Labute approximate surface area is 109 Å². The van der Waals surface area contributed by atoms with Gasteiger partial charge < -0.3 is 4.74 Å². The van der Waals surface area contributed by atoms with Crippen molar-refractivity contribution >= 4 is 25.6 Å². The monoisotopic (exact) mass is 270 g/mol. The molecular weight excluding hydrogens is 252 g/mol. The van der Waals surface area contributed by atoms with E-state index in [4.69, 9.17) is 16.3 Å². The quantitative estimate of drug-likeness (QED) is 0.473. The van der Waals surface area contributed by atoms with Crippen LogP contribution in [-0.2, 0) is 9.53 Å². The molecular formula is C13H19ClO2Si. The van der Waals surface area contributed by atoms with Crippen molar-refractivity contribution in [2.75, 3.05) is 0 Å². The summed E-state index contributed by atoms with van der Waals surface area (Å²) in [5, 5.41) is -0.131. The Kier molecular flexibility index (Phi) is 4.77. The van der Waals surface area contributed by atoms with E-state index in [9.17, 15) is 4.79 Å². The van der Waals surface area contributed by atoms with Crippen LogP contribution in [-0.4, -0.2) is 19.0 Å². The van der Waals surface area contributed by atoms with Gasteiger partial charge in [-0.2, -0.15) is 0 Å². The van der Waals surface area contributed by atoms with Crippen LogP contribution in [0, 0.1) is 0 Å². The Morgan fingerprint density at radius 1 is 1.24 bits per heavy atom. The SMILES string of the molecule is CC(=O)OC(c1ccccc1)C(Cl)[Si](C)(C)C. The van der Waals surface area contributed by atoms with E-state index in [-0.39, 0.29) is 17.1 Å². The van der Waals surface area contributed by atoms with Gasteiger partial charge in [0.25, 0.3) is 0 Å². The van der Waals surface area contributed by atoms with Crippen LogP contribution in [0.4, 0.5) is 0 Å². The molecule has 0 bridgehead atoms. The Hall–Kier alpha value is -0.803. The van der Waals surface area contributed by atoms with E-state index in [1.165, 1.54) is 6.92 Å². The van der Waals surface area contributed by atoms with Gasteiger partial charge in [-0.1, -0.05) is 50.0 Å². The second-order valence-corrected chi connectivity index (χ2v) is 11.4. The molecule has 1 aromatic rings. The van der Waals surface area contributed by atoms with Crippen LogP contribution < -0.4 is 0 Å². The highest BCUT2D eigenvalue weighted by atomic mass is 35.5. The third-order valence-corrected chi connectivity index (χ3v) is 6.66. The molecule has 0 heterocycles. The number of benzene rings is 1. The van der Waals surface area contributed by atoms with E-state index >= 15 is 0 Å². The molecule has 0 aliphatic heterocycles. The molecule has 0 fully saturated rings. The number of carbonyl (C=O) groups excluding carboxylic acids is 1. The van der Waals surface area contributed by atoms with E-state index < -0.39 is 8.07 Å². The van der Waals surface area contributed by atoms with Gasteiger partial charge in [0, 0.05) is 6.92 Å². The number of alkyl halides is 1. The fourth-order valence-corrected chi connectivity index (χ4v) is 2.94. The van der Waals surface area contributed by atoms with Crippen molar-refractivity contribution in [3.63, 3.8) is 0 Å². The number of carbonyl (C=O) groups is 1. The molecule has 0 saturated heterocycles. The van der Waals surface area contributed by atoms with E-state index in [1.807, 2.05) is 30.3 Å². The average molecular weight is 271 g/mol. The lowest BCUT2D eigenvalue weighted by atomic mass is 10.1. The summed E-state index contributed by atoms with van der Waals surface area (Å²) in [6, 6.07) is 9.69. The predicted molar refractivity (Wildman–Crippen MR) is 73.9 cm³/mol. The zero-order chi connectivity index (χ0) is 13.1. The van der Waals surface area contributed by atoms with E-state index in [2.05, 4.69) is 19.6 Å². The maximum absolute atomic E-state index is 11.2. The van der Waals surface area contributed by atoms with Crippen LogP contribution in [0.2, 0.25) is 19.6 Å². The van der Waals surface area contributed by atoms with Gasteiger partial charge in [0.15, 0.2) is 0 Å². The van der Waals surface area contributed by atoms with Crippen molar-refractivity contribution in [1.82, 2.24) is 0 Å². The number of hydrogen-bond acceptors (Lipinski definition) is 2. The van der Waals surface area contributed by atoms with Gasteiger partial charge in [0.2, 0.25) is 0 Å². The lowest BCUT2D eigenvalue weighted by Gasteiger charge is -2.30. The number of rotatable bonds is 4. The molecule has 1 rings (SSSR count). The minimum Gasteiger partial charge on any atom is -0.456 e. The molecule has 1 aromatic carbocycles. The number of halogens is 1. The van der Waals surface area contributed by atoms with E-state index in [0.29, 0.717) is 0 Å². The number of hydrogen-bond donors (Lipinski definition) is 0. The Morgan fingerprint density at radius 2 is 1.76 bits per heavy atom. The fourth-order valence-electron chi connectivity index (χ4n) is 1.57. The fraction of sp³-hybridized carbons (Fsp3) is 0.462. The maximum atomic E-state index is 11.2. The van der Waals surface area contributed by atoms with E-state index in [1.54, 1.807) is 0 Å². The summed E-state index contributed by atoms with van der Waals surface area (Å²) in [6.45, 7) is 7.93. The van der Waals surface area contributed by atoms with Gasteiger partial charge in [-0.15, -0.1) is 11.6 Å². The van der Waals surface area contributed by atoms with Crippen LogP contribution in [0.3, 0.4) is 0 Å². The second kappa shape index (κ2) is 5.69. The normalized spacial score (nSPS) is 15.1. The van der Waals surface area contributed by atoms with Crippen molar-refractivity contribution < 1.29 is 9.53 Å². The Bertz CT molecular complexity index is 373. The summed E-state index contributed by atoms with van der Waals surface area (Å²) in [7, 11) is -1.59. The first-order valence-electron chi connectivity index (χ1n) is 5.68. The standard InChI is InChI=1S/C13H19ClO2Si/c1-10(15)16-12(13(14)17(2,3)4)11-8-6-5-7-9-11/h5-9,12-13H,1-4H3. The largest absolute Gasteiger partial charge is 0.456 e. The molecule has 2 atom stereocenters. The first-order chi connectivity index (χ1) is 7.82. The molecule has 0 spiro atoms. The third-order valence-electron chi connectivity index (χ3n) is 2.51. The van der Waals surface area contributed by atoms with Crippen LogP contribution in [0.25, 0.3) is 0 Å². The van der Waals surface area contributed by atoms with Crippen LogP contribution >= 0.6 is 11.6 Å². The molecule has 0 amide bonds. The molecule has 2 nitrogen and oxygen atoms in total. The Balaban J connectivity index is 3.00. The minimum atomic E-state index is -1.59. The second-order valence-electron chi connectivity index (χ2n) is 5.21. The lowest BCUT2D eigenvalue weighted by Crippen LogP contribution is -2.40. The minimum absolute atomic E-state index is 0.131. The topological polar surface area (TPSA) is 26.3 Å². The summed E-state index contributed by atoms with van der Waals surface area (Å²) in [6.07, 6.45) is -0.345.